The number of hydrogen-bond acceptors (Lipinski definition) is 2. The van der Waals surface area contributed by atoms with Crippen LogP contribution < -0.4 is 11.1 Å². The van der Waals surface area contributed by atoms with Gasteiger partial charge < -0.3 is 11.1 Å². The Morgan fingerprint density at radius 2 is 1.92 bits per heavy atom. The van der Waals surface area contributed by atoms with E-state index < -0.39 is 0 Å². The molecule has 2 aromatic rings. The second-order valence-corrected chi connectivity index (χ2v) is 6.55. The zero-order valence-electron chi connectivity index (χ0n) is 14.8. The third-order valence-electron chi connectivity index (χ3n) is 3.97. The Kier molecular flexibility index (Phi) is 9.03. The average Bonchev–Trinajstić information content (AvgIpc) is 2.52. The quantitative estimate of drug-likeness (QED) is 0.379. The molecule has 1 aromatic heterocycles. The molecule has 0 spiro atoms. The highest BCUT2D eigenvalue weighted by molar-refractivity contribution is 14.0. The van der Waals surface area contributed by atoms with Crippen LogP contribution in [-0.4, -0.2) is 17.0 Å². The molecule has 1 unspecified atom stereocenters. The summed E-state index contributed by atoms with van der Waals surface area (Å²) in [6, 6.07) is 10.6. The highest BCUT2D eigenvalue weighted by Gasteiger charge is 2.05. The SMILES string of the molecule is CC(C)CCCC(C)NC(N)=NCc1nccc2ccccc12.I. The van der Waals surface area contributed by atoms with E-state index in [4.69, 9.17) is 5.73 Å². The minimum absolute atomic E-state index is 0. The third-order valence-corrected chi connectivity index (χ3v) is 3.97. The summed E-state index contributed by atoms with van der Waals surface area (Å²) in [7, 11) is 0. The molecule has 0 radical (unpaired) electrons. The largest absolute Gasteiger partial charge is 0.370 e. The maximum atomic E-state index is 6.01. The Morgan fingerprint density at radius 3 is 2.67 bits per heavy atom. The lowest BCUT2D eigenvalue weighted by molar-refractivity contribution is 0.493. The van der Waals surface area contributed by atoms with Gasteiger partial charge in [0.2, 0.25) is 0 Å². The third kappa shape index (κ3) is 6.63. The Morgan fingerprint density at radius 1 is 1.17 bits per heavy atom. The normalized spacial score (nSPS) is 12.9. The highest BCUT2D eigenvalue weighted by Crippen LogP contribution is 2.16. The predicted octanol–water partition coefficient (Wildman–Crippen LogP) is 4.47. The fourth-order valence-corrected chi connectivity index (χ4v) is 2.67. The number of aliphatic imine (C=N–C) groups is 1. The lowest BCUT2D eigenvalue weighted by Gasteiger charge is -2.15. The summed E-state index contributed by atoms with van der Waals surface area (Å²) >= 11 is 0. The minimum atomic E-state index is 0. The van der Waals surface area contributed by atoms with Gasteiger partial charge in [-0.15, -0.1) is 24.0 Å². The lowest BCUT2D eigenvalue weighted by Crippen LogP contribution is -2.38. The molecule has 0 aliphatic heterocycles. The number of nitrogens with zero attached hydrogens (tertiary/aromatic N) is 2. The predicted molar refractivity (Wildman–Crippen MR) is 114 cm³/mol. The van der Waals surface area contributed by atoms with Crippen molar-refractivity contribution in [3.8, 4) is 0 Å². The lowest BCUT2D eigenvalue weighted by atomic mass is 10.0. The molecule has 0 aliphatic carbocycles. The summed E-state index contributed by atoms with van der Waals surface area (Å²) in [5.74, 6) is 1.25. The van der Waals surface area contributed by atoms with Crippen molar-refractivity contribution < 1.29 is 0 Å². The number of nitrogens with one attached hydrogen (secondary N) is 1. The van der Waals surface area contributed by atoms with Crippen LogP contribution in [0.4, 0.5) is 0 Å². The Bertz CT molecular complexity index is 649. The number of pyridine rings is 1. The molecule has 1 aromatic carbocycles. The Labute approximate surface area is 162 Å². The second kappa shape index (κ2) is 10.5. The van der Waals surface area contributed by atoms with Crippen molar-refractivity contribution in [1.29, 1.82) is 0 Å². The van der Waals surface area contributed by atoms with Crippen LogP contribution >= 0.6 is 24.0 Å². The van der Waals surface area contributed by atoms with Gasteiger partial charge in [0.25, 0.3) is 0 Å². The van der Waals surface area contributed by atoms with Crippen LogP contribution in [0.5, 0.6) is 0 Å². The molecule has 5 heteroatoms. The van der Waals surface area contributed by atoms with Gasteiger partial charge in [-0.3, -0.25) is 4.98 Å². The Hall–Kier alpha value is -1.37. The first-order valence-electron chi connectivity index (χ1n) is 8.45. The molecule has 1 heterocycles. The van der Waals surface area contributed by atoms with Crippen molar-refractivity contribution in [2.75, 3.05) is 0 Å². The van der Waals surface area contributed by atoms with Gasteiger partial charge in [-0.05, 0) is 30.7 Å². The molecule has 0 fully saturated rings. The highest BCUT2D eigenvalue weighted by atomic mass is 127. The number of guanidine groups is 1. The van der Waals surface area contributed by atoms with Crippen molar-refractivity contribution in [3.63, 3.8) is 0 Å². The van der Waals surface area contributed by atoms with Crippen LogP contribution in [-0.2, 0) is 6.54 Å². The van der Waals surface area contributed by atoms with Crippen LogP contribution in [0.2, 0.25) is 0 Å². The molecular weight excluding hydrogens is 411 g/mol. The van der Waals surface area contributed by atoms with Gasteiger partial charge in [0.1, 0.15) is 0 Å². The van der Waals surface area contributed by atoms with E-state index in [1.165, 1.54) is 18.2 Å². The standard InChI is InChI=1S/C19H28N4.HI/c1-14(2)7-6-8-15(3)23-19(20)22-13-18-17-10-5-4-9-16(17)11-12-21-18;/h4-5,9-12,14-15H,6-8,13H2,1-3H3,(H3,20,22,23);1H. The van der Waals surface area contributed by atoms with Crippen LogP contribution in [0.25, 0.3) is 10.8 Å². The fourth-order valence-electron chi connectivity index (χ4n) is 2.67. The monoisotopic (exact) mass is 440 g/mol. The van der Waals surface area contributed by atoms with Crippen LogP contribution in [0.1, 0.15) is 45.7 Å². The minimum Gasteiger partial charge on any atom is -0.370 e. The number of rotatable bonds is 7. The zero-order chi connectivity index (χ0) is 16.7. The Balaban J connectivity index is 0.00000288. The maximum Gasteiger partial charge on any atom is 0.189 e. The summed E-state index contributed by atoms with van der Waals surface area (Å²) in [5, 5.41) is 5.59. The number of halogens is 1. The number of nitrogens with two attached hydrogens (primary N) is 1. The van der Waals surface area contributed by atoms with E-state index in [0.717, 1.165) is 23.4 Å². The summed E-state index contributed by atoms with van der Waals surface area (Å²) in [5.41, 5.74) is 6.97. The van der Waals surface area contributed by atoms with Crippen molar-refractivity contribution in [3.05, 3.63) is 42.2 Å². The number of hydrogen-bond donors (Lipinski definition) is 2. The van der Waals surface area contributed by atoms with Gasteiger partial charge in [-0.25, -0.2) is 4.99 Å². The van der Waals surface area contributed by atoms with Crippen LogP contribution in [0.3, 0.4) is 0 Å². The van der Waals surface area contributed by atoms with E-state index in [0.29, 0.717) is 18.5 Å². The molecule has 0 aliphatic rings. The topological polar surface area (TPSA) is 63.3 Å². The van der Waals surface area contributed by atoms with Gasteiger partial charge in [0.05, 0.1) is 12.2 Å². The average molecular weight is 440 g/mol. The molecule has 2 rings (SSSR count). The molecular formula is C19H29IN4. The number of fused-ring (bicyclic) bond motifs is 1. The summed E-state index contributed by atoms with van der Waals surface area (Å²) in [4.78, 5) is 8.89. The summed E-state index contributed by atoms with van der Waals surface area (Å²) in [6.45, 7) is 7.16. The first-order valence-corrected chi connectivity index (χ1v) is 8.45. The summed E-state index contributed by atoms with van der Waals surface area (Å²) < 4.78 is 0. The van der Waals surface area contributed by atoms with Gasteiger partial charge in [-0.1, -0.05) is 51.0 Å². The van der Waals surface area contributed by atoms with Crippen LogP contribution in [0.15, 0.2) is 41.5 Å². The summed E-state index contributed by atoms with van der Waals surface area (Å²) in [6.07, 6.45) is 5.40. The molecule has 3 N–H and O–H groups in total. The molecule has 0 amide bonds. The molecule has 24 heavy (non-hydrogen) atoms. The molecule has 0 saturated carbocycles. The van der Waals surface area contributed by atoms with E-state index in [1.54, 1.807) is 0 Å². The number of benzene rings is 1. The van der Waals surface area contributed by atoms with Crippen molar-refractivity contribution in [1.82, 2.24) is 10.3 Å². The second-order valence-electron chi connectivity index (χ2n) is 6.55. The van der Waals surface area contributed by atoms with Gasteiger partial charge in [0.15, 0.2) is 5.96 Å². The van der Waals surface area contributed by atoms with E-state index in [9.17, 15) is 0 Å². The van der Waals surface area contributed by atoms with Crippen LogP contribution in [0, 0.1) is 5.92 Å². The first kappa shape index (κ1) is 20.7. The molecule has 0 saturated heterocycles. The number of aromatic nitrogens is 1. The van der Waals surface area contributed by atoms with Crippen molar-refractivity contribution in [2.24, 2.45) is 16.6 Å². The fraction of sp³-hybridized carbons (Fsp3) is 0.474. The molecule has 132 valence electrons. The molecule has 4 nitrogen and oxygen atoms in total. The van der Waals surface area contributed by atoms with Gasteiger partial charge in [0, 0.05) is 17.6 Å². The van der Waals surface area contributed by atoms with Crippen molar-refractivity contribution >= 4 is 40.7 Å². The van der Waals surface area contributed by atoms with Gasteiger partial charge in [-0.2, -0.15) is 0 Å². The van der Waals surface area contributed by atoms with E-state index in [1.807, 2.05) is 24.4 Å². The first-order chi connectivity index (χ1) is 11.1. The van der Waals surface area contributed by atoms with E-state index in [2.05, 4.69) is 48.2 Å². The molecule has 0 bridgehead atoms. The van der Waals surface area contributed by atoms with Crippen molar-refractivity contribution in [2.45, 2.75) is 52.6 Å². The maximum absolute atomic E-state index is 6.01. The smallest absolute Gasteiger partial charge is 0.189 e. The van der Waals surface area contributed by atoms with E-state index in [-0.39, 0.29) is 24.0 Å². The zero-order valence-corrected chi connectivity index (χ0v) is 17.2. The van der Waals surface area contributed by atoms with E-state index >= 15 is 0 Å². The van der Waals surface area contributed by atoms with Gasteiger partial charge >= 0.3 is 0 Å². The molecule has 1 atom stereocenters.